The third kappa shape index (κ3) is 5.11. The van der Waals surface area contributed by atoms with Gasteiger partial charge in [-0.15, -0.1) is 0 Å². The summed E-state index contributed by atoms with van der Waals surface area (Å²) in [6.07, 6.45) is 0.154. The third-order valence-corrected chi connectivity index (χ3v) is 3.54. The van der Waals surface area contributed by atoms with Gasteiger partial charge in [0, 0.05) is 12.6 Å². The van der Waals surface area contributed by atoms with E-state index in [0.29, 0.717) is 12.1 Å². The molecule has 2 rings (SSSR count). The van der Waals surface area contributed by atoms with Crippen LogP contribution in [0.25, 0.3) is 0 Å². The molecule has 4 nitrogen and oxygen atoms in total. The van der Waals surface area contributed by atoms with Crippen LogP contribution in [0.1, 0.15) is 48.3 Å². The molecule has 2 aromatic carbocycles. The van der Waals surface area contributed by atoms with Crippen LogP contribution in [0.15, 0.2) is 48.5 Å². The normalized spacial score (nSPS) is 12.2. The van der Waals surface area contributed by atoms with E-state index in [1.165, 1.54) is 0 Å². The van der Waals surface area contributed by atoms with E-state index >= 15 is 0 Å². The molecule has 0 amide bonds. The smallest absolute Gasteiger partial charge is 0.335 e. The molecule has 0 aromatic heterocycles. The molecule has 0 saturated carbocycles. The third-order valence-electron chi connectivity index (χ3n) is 3.54. The van der Waals surface area contributed by atoms with Gasteiger partial charge in [-0.2, -0.15) is 0 Å². The Morgan fingerprint density at radius 2 is 1.83 bits per heavy atom. The number of rotatable bonds is 7. The highest BCUT2D eigenvalue weighted by molar-refractivity contribution is 5.87. The van der Waals surface area contributed by atoms with E-state index in [0.717, 1.165) is 16.9 Å². The lowest BCUT2D eigenvalue weighted by molar-refractivity contribution is 0.0697. The quantitative estimate of drug-likeness (QED) is 0.810. The van der Waals surface area contributed by atoms with Gasteiger partial charge in [0.2, 0.25) is 0 Å². The van der Waals surface area contributed by atoms with Crippen molar-refractivity contribution in [2.24, 2.45) is 0 Å². The van der Waals surface area contributed by atoms with Crippen molar-refractivity contribution >= 4 is 5.97 Å². The number of ether oxygens (including phenoxy) is 1. The highest BCUT2D eigenvalue weighted by atomic mass is 16.5. The maximum absolute atomic E-state index is 10.8. The first kappa shape index (κ1) is 17.0. The van der Waals surface area contributed by atoms with Gasteiger partial charge in [0.1, 0.15) is 5.75 Å². The van der Waals surface area contributed by atoms with E-state index in [-0.39, 0.29) is 12.1 Å². The molecule has 0 saturated heterocycles. The van der Waals surface area contributed by atoms with Crippen LogP contribution in [0.3, 0.4) is 0 Å². The second-order valence-electron chi connectivity index (χ2n) is 5.84. The number of aromatic carboxylic acids is 1. The zero-order valence-electron chi connectivity index (χ0n) is 13.7. The first-order valence-electron chi connectivity index (χ1n) is 7.78. The summed E-state index contributed by atoms with van der Waals surface area (Å²) < 4.78 is 5.72. The lowest BCUT2D eigenvalue weighted by atomic mass is 10.1. The fraction of sp³-hybridized carbons (Fsp3) is 0.316. The summed E-state index contributed by atoms with van der Waals surface area (Å²) in [6.45, 7) is 6.79. The van der Waals surface area contributed by atoms with E-state index in [2.05, 4.69) is 18.3 Å². The van der Waals surface area contributed by atoms with Crippen LogP contribution in [0.2, 0.25) is 0 Å². The largest absolute Gasteiger partial charge is 0.491 e. The molecule has 122 valence electrons. The molecule has 1 atom stereocenters. The Kier molecular flexibility index (Phi) is 5.77. The van der Waals surface area contributed by atoms with Gasteiger partial charge in [0.15, 0.2) is 0 Å². The Balaban J connectivity index is 1.96. The Bertz CT molecular complexity index is 650. The Morgan fingerprint density at radius 3 is 2.43 bits per heavy atom. The SMILES string of the molecule is CC(C)Oc1cccc(C(C)NCc2ccc(C(=O)O)cc2)c1. The Labute approximate surface area is 137 Å². The van der Waals surface area contributed by atoms with E-state index in [1.807, 2.05) is 44.2 Å². The minimum atomic E-state index is -0.903. The molecule has 2 aromatic rings. The van der Waals surface area contributed by atoms with Crippen molar-refractivity contribution in [2.75, 3.05) is 0 Å². The van der Waals surface area contributed by atoms with Crippen molar-refractivity contribution < 1.29 is 14.6 Å². The summed E-state index contributed by atoms with van der Waals surface area (Å²) in [5.41, 5.74) is 2.52. The molecule has 2 N–H and O–H groups in total. The number of carboxylic acid groups (broad SMARTS) is 1. The topological polar surface area (TPSA) is 58.6 Å². The van der Waals surface area contributed by atoms with E-state index in [1.54, 1.807) is 12.1 Å². The molecule has 1 unspecified atom stereocenters. The number of nitrogens with one attached hydrogen (secondary N) is 1. The predicted octanol–water partition coefficient (Wildman–Crippen LogP) is 4.02. The van der Waals surface area contributed by atoms with Crippen molar-refractivity contribution in [1.29, 1.82) is 0 Å². The average molecular weight is 313 g/mol. The van der Waals surface area contributed by atoms with Crippen molar-refractivity contribution in [3.8, 4) is 5.75 Å². The van der Waals surface area contributed by atoms with Gasteiger partial charge in [-0.05, 0) is 56.2 Å². The highest BCUT2D eigenvalue weighted by Gasteiger charge is 2.08. The maximum Gasteiger partial charge on any atom is 0.335 e. The molecule has 0 heterocycles. The zero-order valence-corrected chi connectivity index (χ0v) is 13.7. The fourth-order valence-electron chi connectivity index (χ4n) is 2.28. The molecule has 0 radical (unpaired) electrons. The van der Waals surface area contributed by atoms with Crippen LogP contribution in [-0.4, -0.2) is 17.2 Å². The summed E-state index contributed by atoms with van der Waals surface area (Å²) in [5, 5.41) is 12.3. The van der Waals surface area contributed by atoms with Crippen molar-refractivity contribution in [3.05, 3.63) is 65.2 Å². The fourth-order valence-corrected chi connectivity index (χ4v) is 2.28. The first-order valence-corrected chi connectivity index (χ1v) is 7.78. The predicted molar refractivity (Wildman–Crippen MR) is 90.9 cm³/mol. The van der Waals surface area contributed by atoms with Crippen LogP contribution in [0.4, 0.5) is 0 Å². The first-order chi connectivity index (χ1) is 11.0. The average Bonchev–Trinajstić information content (AvgIpc) is 2.52. The lowest BCUT2D eigenvalue weighted by Gasteiger charge is -2.16. The molecule has 0 bridgehead atoms. The van der Waals surface area contributed by atoms with Crippen LogP contribution in [0.5, 0.6) is 5.75 Å². The second-order valence-corrected chi connectivity index (χ2v) is 5.84. The molecule has 4 heteroatoms. The second kappa shape index (κ2) is 7.79. The highest BCUT2D eigenvalue weighted by Crippen LogP contribution is 2.20. The van der Waals surface area contributed by atoms with Gasteiger partial charge in [-0.25, -0.2) is 4.79 Å². The zero-order chi connectivity index (χ0) is 16.8. The minimum absolute atomic E-state index is 0.154. The Morgan fingerprint density at radius 1 is 1.13 bits per heavy atom. The molecule has 0 aliphatic heterocycles. The van der Waals surface area contributed by atoms with Crippen molar-refractivity contribution in [2.45, 2.75) is 39.5 Å². The van der Waals surface area contributed by atoms with Crippen molar-refractivity contribution in [1.82, 2.24) is 5.32 Å². The Hall–Kier alpha value is -2.33. The molecule has 0 aliphatic rings. The van der Waals surface area contributed by atoms with Crippen LogP contribution in [-0.2, 0) is 6.54 Å². The molecule has 0 fully saturated rings. The lowest BCUT2D eigenvalue weighted by Crippen LogP contribution is -2.18. The molecule has 0 spiro atoms. The van der Waals surface area contributed by atoms with Crippen LogP contribution >= 0.6 is 0 Å². The number of hydrogen-bond acceptors (Lipinski definition) is 3. The molecule has 0 aliphatic carbocycles. The summed E-state index contributed by atoms with van der Waals surface area (Å²) in [7, 11) is 0. The van der Waals surface area contributed by atoms with Crippen LogP contribution < -0.4 is 10.1 Å². The van der Waals surface area contributed by atoms with Gasteiger partial charge < -0.3 is 15.2 Å². The van der Waals surface area contributed by atoms with Crippen LogP contribution in [0, 0.1) is 0 Å². The number of carbonyl (C=O) groups is 1. The summed E-state index contributed by atoms with van der Waals surface area (Å²) in [4.78, 5) is 10.8. The molecule has 23 heavy (non-hydrogen) atoms. The van der Waals surface area contributed by atoms with E-state index in [4.69, 9.17) is 9.84 Å². The van der Waals surface area contributed by atoms with E-state index < -0.39 is 5.97 Å². The summed E-state index contributed by atoms with van der Waals surface area (Å²) in [6, 6.07) is 15.2. The van der Waals surface area contributed by atoms with Gasteiger partial charge in [0.25, 0.3) is 0 Å². The molecular formula is C19H23NO3. The minimum Gasteiger partial charge on any atom is -0.491 e. The summed E-state index contributed by atoms with van der Waals surface area (Å²) >= 11 is 0. The standard InChI is InChI=1S/C19H23NO3/c1-13(2)23-18-6-4-5-17(11-18)14(3)20-12-15-7-9-16(10-8-15)19(21)22/h4-11,13-14,20H,12H2,1-3H3,(H,21,22). The number of hydrogen-bond donors (Lipinski definition) is 2. The van der Waals surface area contributed by atoms with Gasteiger partial charge in [0.05, 0.1) is 11.7 Å². The molecular weight excluding hydrogens is 290 g/mol. The number of carboxylic acids is 1. The van der Waals surface area contributed by atoms with Gasteiger partial charge in [-0.1, -0.05) is 24.3 Å². The monoisotopic (exact) mass is 313 g/mol. The van der Waals surface area contributed by atoms with Crippen molar-refractivity contribution in [3.63, 3.8) is 0 Å². The maximum atomic E-state index is 10.8. The summed E-state index contributed by atoms with van der Waals surface area (Å²) in [5.74, 6) is -0.0307. The van der Waals surface area contributed by atoms with E-state index in [9.17, 15) is 4.79 Å². The van der Waals surface area contributed by atoms with Gasteiger partial charge in [-0.3, -0.25) is 0 Å². The van der Waals surface area contributed by atoms with Gasteiger partial charge >= 0.3 is 5.97 Å². The number of benzene rings is 2.